The Bertz CT molecular complexity index is 752. The average Bonchev–Trinajstić information content (AvgIpc) is 3.49. The Labute approximate surface area is 209 Å². The SMILES string of the molecule is CC([C]1[CH][CH][CH][C]1[P+](=O)C(C)(C)C)P(c1ccccc1)c1ccccc1.[CH]1[CH][CH][CH][CH]1.[Fe]. The first-order valence-corrected chi connectivity index (χ1v) is 13.4. The molecule has 0 aromatic heterocycles. The summed E-state index contributed by atoms with van der Waals surface area (Å²) in [6, 6.07) is 21.5. The van der Waals surface area contributed by atoms with Crippen LogP contribution in [0.15, 0.2) is 60.7 Å². The summed E-state index contributed by atoms with van der Waals surface area (Å²) in [5.74, 6) is 1.24. The van der Waals surface area contributed by atoms with Crippen LogP contribution in [0.3, 0.4) is 0 Å². The van der Waals surface area contributed by atoms with Crippen molar-refractivity contribution in [3.8, 4) is 0 Å². The normalized spacial score (nSPS) is 18.6. The van der Waals surface area contributed by atoms with Crippen molar-refractivity contribution in [3.63, 3.8) is 0 Å². The summed E-state index contributed by atoms with van der Waals surface area (Å²) in [5, 5.41) is 2.50. The zero-order valence-corrected chi connectivity index (χ0v) is 22.0. The van der Waals surface area contributed by atoms with Crippen LogP contribution in [0.4, 0.5) is 0 Å². The van der Waals surface area contributed by atoms with E-state index in [1.807, 2.05) is 32.1 Å². The van der Waals surface area contributed by atoms with Crippen LogP contribution in [0.5, 0.6) is 0 Å². The molecular formula is C28H31FeOP2+. The molecule has 0 amide bonds. The molecular weight excluding hydrogens is 470 g/mol. The summed E-state index contributed by atoms with van der Waals surface area (Å²) in [7, 11) is -2.00. The molecule has 2 aromatic carbocycles. The minimum Gasteiger partial charge on any atom is -0.0733 e. The van der Waals surface area contributed by atoms with Crippen LogP contribution < -0.4 is 10.6 Å². The summed E-state index contributed by atoms with van der Waals surface area (Å²) in [4.78, 5) is 0. The number of hydrogen-bond acceptors (Lipinski definition) is 1. The van der Waals surface area contributed by atoms with E-state index in [0.717, 1.165) is 5.66 Å². The van der Waals surface area contributed by atoms with E-state index in [1.165, 1.54) is 16.5 Å². The molecule has 32 heavy (non-hydrogen) atoms. The quantitative estimate of drug-likeness (QED) is 0.322. The first kappa shape index (κ1) is 27.7. The van der Waals surface area contributed by atoms with Crippen LogP contribution in [0.1, 0.15) is 27.7 Å². The van der Waals surface area contributed by atoms with E-state index in [9.17, 15) is 4.57 Å². The van der Waals surface area contributed by atoms with Crippen molar-refractivity contribution < 1.29 is 21.6 Å². The maximum absolute atomic E-state index is 13.1. The van der Waals surface area contributed by atoms with Crippen molar-refractivity contribution >= 4 is 26.3 Å². The molecule has 2 aliphatic carbocycles. The van der Waals surface area contributed by atoms with Gasteiger partial charge in [-0.2, -0.15) is 0 Å². The molecule has 0 heterocycles. The van der Waals surface area contributed by atoms with Crippen molar-refractivity contribution in [3.05, 3.63) is 124 Å². The molecule has 0 bridgehead atoms. The molecule has 4 heteroatoms. The Kier molecular flexibility index (Phi) is 11.6. The molecule has 0 spiro atoms. The van der Waals surface area contributed by atoms with E-state index in [0.29, 0.717) is 5.66 Å². The second-order valence-electron chi connectivity index (χ2n) is 8.51. The van der Waals surface area contributed by atoms with Gasteiger partial charge >= 0.3 is 7.80 Å². The standard InChI is InChI=1S/C23H26OP2.C5H5.Fe/c1-18(21-16-11-17-22(21)26(24)23(2,3)4)25(19-12-7-5-8-13-19)20-14-9-6-10-15-20;1-2-4-5-3-1;/h5-18H,1-4H3;1-5H;/q+1;;. The Balaban J connectivity index is 0.000000534. The molecule has 2 atom stereocenters. The van der Waals surface area contributed by atoms with E-state index < -0.39 is 15.7 Å². The molecule has 0 N–H and O–H groups in total. The van der Waals surface area contributed by atoms with Gasteiger partial charge < -0.3 is 0 Å². The van der Waals surface area contributed by atoms with Crippen LogP contribution in [0, 0.1) is 62.9 Å². The minimum absolute atomic E-state index is 0. The van der Waals surface area contributed by atoms with Crippen LogP contribution in [0.2, 0.25) is 0 Å². The third kappa shape index (κ3) is 7.50. The van der Waals surface area contributed by atoms with Crippen molar-refractivity contribution in [1.82, 2.24) is 0 Å². The van der Waals surface area contributed by atoms with Crippen LogP contribution >= 0.6 is 15.7 Å². The Hall–Kier alpha value is -0.511. The maximum Gasteiger partial charge on any atom is 0.356 e. The molecule has 2 fully saturated rings. The molecule has 2 saturated carbocycles. The van der Waals surface area contributed by atoms with E-state index in [1.54, 1.807) is 0 Å². The zero-order valence-electron chi connectivity index (χ0n) is 19.1. The Morgan fingerprint density at radius 1 is 0.719 bits per heavy atom. The zero-order chi connectivity index (χ0) is 22.3. The van der Waals surface area contributed by atoms with Gasteiger partial charge in [0, 0.05) is 29.4 Å². The fourth-order valence-corrected chi connectivity index (χ4v) is 7.79. The summed E-state index contributed by atoms with van der Waals surface area (Å²) in [6.45, 7) is 8.47. The second kappa shape index (κ2) is 13.4. The van der Waals surface area contributed by atoms with Crippen LogP contribution in [-0.4, -0.2) is 10.8 Å². The molecule has 2 aliphatic rings. The fraction of sp³-hybridized carbons (Fsp3) is 0.214. The summed E-state index contributed by atoms with van der Waals surface area (Å²) in [5.41, 5.74) is 1.33. The molecule has 0 aliphatic heterocycles. The Morgan fingerprint density at radius 3 is 1.56 bits per heavy atom. The molecule has 2 aromatic rings. The van der Waals surface area contributed by atoms with Crippen molar-refractivity contribution in [2.24, 2.45) is 0 Å². The monoisotopic (exact) mass is 501 g/mol. The topological polar surface area (TPSA) is 17.1 Å². The number of rotatable bonds is 5. The smallest absolute Gasteiger partial charge is 0.0733 e. The summed E-state index contributed by atoms with van der Waals surface area (Å²) < 4.78 is 13.1. The van der Waals surface area contributed by atoms with E-state index in [4.69, 9.17) is 0 Å². The van der Waals surface area contributed by atoms with Gasteiger partial charge in [-0.1, -0.05) is 72.2 Å². The number of benzene rings is 2. The molecule has 1 nitrogen and oxygen atoms in total. The predicted octanol–water partition coefficient (Wildman–Crippen LogP) is 6.89. The molecule has 2 unspecified atom stereocenters. The van der Waals surface area contributed by atoms with Crippen LogP contribution in [0.25, 0.3) is 0 Å². The van der Waals surface area contributed by atoms with Gasteiger partial charge in [-0.25, -0.2) is 0 Å². The molecule has 0 saturated heterocycles. The van der Waals surface area contributed by atoms with E-state index in [-0.39, 0.29) is 22.2 Å². The van der Waals surface area contributed by atoms with Crippen LogP contribution in [-0.2, 0) is 21.6 Å². The van der Waals surface area contributed by atoms with Crippen molar-refractivity contribution in [1.29, 1.82) is 0 Å². The largest absolute Gasteiger partial charge is 0.356 e. The van der Waals surface area contributed by atoms with E-state index >= 15 is 0 Å². The van der Waals surface area contributed by atoms with Gasteiger partial charge in [0.2, 0.25) is 5.66 Å². The molecule has 166 valence electrons. The first-order chi connectivity index (χ1) is 14.9. The van der Waals surface area contributed by atoms with Gasteiger partial charge in [0.1, 0.15) is 0 Å². The third-order valence-electron chi connectivity index (χ3n) is 5.12. The van der Waals surface area contributed by atoms with Crippen molar-refractivity contribution in [2.75, 3.05) is 0 Å². The average molecular weight is 501 g/mol. The first-order valence-electron chi connectivity index (χ1n) is 10.7. The predicted molar refractivity (Wildman–Crippen MR) is 137 cm³/mol. The number of hydrogen-bond donors (Lipinski definition) is 0. The second-order valence-corrected chi connectivity index (χ2v) is 13.5. The third-order valence-corrected chi connectivity index (χ3v) is 9.94. The van der Waals surface area contributed by atoms with Gasteiger partial charge in [-0.3, -0.25) is 0 Å². The molecule has 4 rings (SSSR count). The maximum atomic E-state index is 13.1. The summed E-state index contributed by atoms with van der Waals surface area (Å²) in [6.07, 6.45) is 16.3. The van der Waals surface area contributed by atoms with Gasteiger partial charge in [0.25, 0.3) is 0 Å². The Morgan fingerprint density at radius 2 is 1.16 bits per heavy atom. The van der Waals surface area contributed by atoms with Gasteiger partial charge in [0.05, 0.1) is 0 Å². The van der Waals surface area contributed by atoms with E-state index in [2.05, 4.69) is 108 Å². The minimum atomic E-state index is -1.44. The molecule has 10 radical (unpaired) electrons. The van der Waals surface area contributed by atoms with Gasteiger partial charge in [-0.05, 0) is 89.9 Å². The van der Waals surface area contributed by atoms with Crippen molar-refractivity contribution in [2.45, 2.75) is 38.5 Å². The van der Waals surface area contributed by atoms with Gasteiger partial charge in [-0.15, -0.1) is 0 Å². The van der Waals surface area contributed by atoms with Gasteiger partial charge in [0.15, 0.2) is 5.16 Å². The fourth-order valence-electron chi connectivity index (χ4n) is 3.56. The summed E-state index contributed by atoms with van der Waals surface area (Å²) >= 11 is 0.